The lowest BCUT2D eigenvalue weighted by molar-refractivity contribution is 1.01. The summed E-state index contributed by atoms with van der Waals surface area (Å²) in [6.45, 7) is 0. The van der Waals surface area contributed by atoms with Crippen molar-refractivity contribution in [2.75, 3.05) is 0 Å². The number of fused-ring (bicyclic) bond motifs is 30. The molecule has 8 aromatic heterocycles. The van der Waals surface area contributed by atoms with Crippen LogP contribution in [0.5, 0.6) is 0 Å². The second-order valence-electron chi connectivity index (χ2n) is 27.1. The Balaban J connectivity index is 0.705. The second-order valence-corrected chi connectivity index (χ2v) is 27.1. The van der Waals surface area contributed by atoms with Crippen LogP contribution in [-0.2, 0) is 0 Å². The van der Waals surface area contributed by atoms with Crippen LogP contribution in [0, 0.1) is 0 Å². The van der Waals surface area contributed by atoms with Gasteiger partial charge in [0.15, 0.2) is 0 Å². The van der Waals surface area contributed by atoms with Crippen molar-refractivity contribution in [3.8, 4) is 45.5 Å². The maximum Gasteiger partial charge on any atom is 0.235 e. The van der Waals surface area contributed by atoms with E-state index in [9.17, 15) is 0 Å². The van der Waals surface area contributed by atoms with Crippen molar-refractivity contribution >= 4 is 185 Å². The molecular weight excluding hydrogens is 1220 g/mol. The molecule has 0 aliphatic carbocycles. The van der Waals surface area contributed by atoms with Gasteiger partial charge in [-0.2, -0.15) is 0 Å². The van der Waals surface area contributed by atoms with E-state index >= 15 is 0 Å². The van der Waals surface area contributed by atoms with E-state index in [2.05, 4.69) is 321 Å². The summed E-state index contributed by atoms with van der Waals surface area (Å²) in [6.07, 6.45) is 0. The Morgan fingerprint density at radius 2 is 0.610 bits per heavy atom. The Labute approximate surface area is 568 Å². The summed E-state index contributed by atoms with van der Waals surface area (Å²) in [7, 11) is 0. The van der Waals surface area contributed by atoms with Gasteiger partial charge in [0.05, 0.1) is 77.6 Å². The minimum Gasteiger partial charge on any atom is -0.308 e. The third-order valence-electron chi connectivity index (χ3n) is 22.1. The molecule has 0 bridgehead atoms. The van der Waals surface area contributed by atoms with Crippen molar-refractivity contribution in [1.82, 2.24) is 37.9 Å². The molecule has 0 N–H and O–H groups in total. The zero-order valence-electron chi connectivity index (χ0n) is 53.4. The summed E-state index contributed by atoms with van der Waals surface area (Å²) in [6, 6.07) is 111. The fourth-order valence-corrected chi connectivity index (χ4v) is 18.0. The molecule has 24 rings (SSSR count). The van der Waals surface area contributed by atoms with Gasteiger partial charge in [-0.15, -0.1) is 0 Å². The van der Waals surface area contributed by atoms with Crippen LogP contribution in [0.2, 0.25) is 0 Å². The van der Waals surface area contributed by atoms with Gasteiger partial charge in [-0.3, -0.25) is 9.13 Å². The maximum atomic E-state index is 5.77. The number of para-hydroxylation sites is 4. The van der Waals surface area contributed by atoms with E-state index in [4.69, 9.17) is 19.9 Å². The Hall–Kier alpha value is -13.6. The quantitative estimate of drug-likeness (QED) is 0.161. The summed E-state index contributed by atoms with van der Waals surface area (Å²) in [4.78, 5) is 22.6. The van der Waals surface area contributed by atoms with Crippen LogP contribution in [0.4, 0.5) is 0 Å². The van der Waals surface area contributed by atoms with Gasteiger partial charge < -0.3 is 8.80 Å². The van der Waals surface area contributed by atoms with Crippen LogP contribution in [0.1, 0.15) is 0 Å². The minimum atomic E-state index is 0.636. The topological polar surface area (TPSA) is 70.2 Å². The van der Waals surface area contributed by atoms with Crippen molar-refractivity contribution in [1.29, 1.82) is 0 Å². The number of aromatic nitrogens is 8. The average molecular weight is 1270 g/mol. The van der Waals surface area contributed by atoms with Crippen molar-refractivity contribution < 1.29 is 0 Å². The monoisotopic (exact) mass is 1270 g/mol. The SMILES string of the molecule is c1ccc(-c2nc(-n3c4ccccc4c4c5c6c7ccc(-c8ccc9c(ccc%10nc(-n%11c%12ccccc%12c%12c%13c%14c%15ccccc%15ccc%14n%14c%15ccccc%15c(cc%12%11)c%13%14)nc(-c%11ccccc%11)c%109)c8)cc7ccc6n6c7ccccc7c(cc43)c56)nc3c2ccc2ccccc23)cc1. The lowest BCUT2D eigenvalue weighted by atomic mass is 9.94. The van der Waals surface area contributed by atoms with Gasteiger partial charge in [0.2, 0.25) is 11.9 Å². The number of nitrogens with zero attached hydrogens (tertiary/aromatic N) is 8. The van der Waals surface area contributed by atoms with E-state index in [1.807, 2.05) is 0 Å². The highest BCUT2D eigenvalue weighted by Gasteiger charge is 2.30. The number of rotatable bonds is 5. The van der Waals surface area contributed by atoms with Gasteiger partial charge >= 0.3 is 0 Å². The molecule has 0 saturated heterocycles. The lowest BCUT2D eigenvalue weighted by Crippen LogP contribution is -2.03. The van der Waals surface area contributed by atoms with E-state index in [-0.39, 0.29) is 0 Å². The van der Waals surface area contributed by atoms with Crippen LogP contribution in [0.15, 0.2) is 303 Å². The van der Waals surface area contributed by atoms with E-state index in [1.165, 1.54) is 114 Å². The van der Waals surface area contributed by atoms with E-state index in [1.54, 1.807) is 0 Å². The standard InChI is InChI=1S/C92H50N8/c1-3-21-53(22-4-1)86-67-43-35-52-20-8-10-26-62(52)88(67)96-92(94-86)100-74-34-18-14-30-66(74)83-78(100)50-69-64-28-12-16-32-72(64)98-76-46-40-58-48-56(37-42-61(58)81(76)85(83)90(69)98)55-36-41-60-57(47-55)38-44-70-79(60)87(54-23-5-2-6-24-54)95-91(93-70)99-73-33-17-13-29-65(73)82-77(99)49-68-63-27-11-15-31-71(63)97-75-45-39-51-19-7-9-25-59(51)80(75)84(82)89(68)97/h1-50H. The number of hydrogen-bond donors (Lipinski definition) is 0. The highest BCUT2D eigenvalue weighted by atomic mass is 15.2. The highest BCUT2D eigenvalue weighted by molar-refractivity contribution is 6.41. The zero-order valence-corrected chi connectivity index (χ0v) is 53.4. The van der Waals surface area contributed by atoms with E-state index in [0.717, 1.165) is 104 Å². The molecule has 0 spiro atoms. The maximum absolute atomic E-state index is 5.77. The van der Waals surface area contributed by atoms with Gasteiger partial charge in [-0.25, -0.2) is 19.9 Å². The van der Waals surface area contributed by atoms with Gasteiger partial charge in [0.1, 0.15) is 0 Å². The molecule has 0 aliphatic heterocycles. The number of hydrogen-bond acceptors (Lipinski definition) is 4. The Morgan fingerprint density at radius 1 is 0.200 bits per heavy atom. The summed E-state index contributed by atoms with van der Waals surface area (Å²) in [5, 5.41) is 25.9. The van der Waals surface area contributed by atoms with Crippen LogP contribution < -0.4 is 0 Å². The molecule has 0 radical (unpaired) electrons. The summed E-state index contributed by atoms with van der Waals surface area (Å²) in [5.41, 5.74) is 19.5. The second kappa shape index (κ2) is 19.1. The van der Waals surface area contributed by atoms with Crippen LogP contribution in [0.25, 0.3) is 230 Å². The normalized spacial score (nSPS) is 12.6. The fraction of sp³-hybridized carbons (Fsp3) is 0. The molecule has 0 fully saturated rings. The lowest BCUT2D eigenvalue weighted by Gasteiger charge is -2.14. The van der Waals surface area contributed by atoms with E-state index < -0.39 is 0 Å². The molecule has 8 heterocycles. The molecule has 0 saturated carbocycles. The van der Waals surface area contributed by atoms with Gasteiger partial charge in [0, 0.05) is 91.9 Å². The molecule has 458 valence electrons. The third-order valence-corrected chi connectivity index (χ3v) is 22.1. The van der Waals surface area contributed by atoms with E-state index in [0.29, 0.717) is 11.9 Å². The van der Waals surface area contributed by atoms with Crippen molar-refractivity contribution in [2.24, 2.45) is 0 Å². The average Bonchev–Trinajstić information content (AvgIpc) is 1.51. The third kappa shape index (κ3) is 6.78. The van der Waals surface area contributed by atoms with Crippen molar-refractivity contribution in [2.45, 2.75) is 0 Å². The number of benzene rings is 16. The summed E-state index contributed by atoms with van der Waals surface area (Å²) < 4.78 is 9.67. The summed E-state index contributed by atoms with van der Waals surface area (Å²) in [5.74, 6) is 1.28. The molecule has 16 aromatic carbocycles. The zero-order chi connectivity index (χ0) is 64.7. The first-order chi connectivity index (χ1) is 49.6. The minimum absolute atomic E-state index is 0.636. The molecule has 24 aromatic rings. The van der Waals surface area contributed by atoms with Crippen LogP contribution in [0.3, 0.4) is 0 Å². The first kappa shape index (κ1) is 52.7. The largest absolute Gasteiger partial charge is 0.308 e. The molecule has 100 heavy (non-hydrogen) atoms. The van der Waals surface area contributed by atoms with Gasteiger partial charge in [0.25, 0.3) is 0 Å². The Kier molecular flexibility index (Phi) is 10.1. The molecule has 8 heteroatoms. The molecule has 0 atom stereocenters. The summed E-state index contributed by atoms with van der Waals surface area (Å²) >= 11 is 0. The smallest absolute Gasteiger partial charge is 0.235 e. The van der Waals surface area contributed by atoms with Crippen LogP contribution >= 0.6 is 0 Å². The van der Waals surface area contributed by atoms with Crippen LogP contribution in [-0.4, -0.2) is 37.9 Å². The first-order valence-electron chi connectivity index (χ1n) is 34.3. The predicted molar refractivity (Wildman–Crippen MR) is 417 cm³/mol. The molecule has 0 unspecified atom stereocenters. The van der Waals surface area contributed by atoms with Gasteiger partial charge in [-0.1, -0.05) is 231 Å². The fourth-order valence-electron chi connectivity index (χ4n) is 18.0. The van der Waals surface area contributed by atoms with Gasteiger partial charge in [-0.05, 0) is 122 Å². The van der Waals surface area contributed by atoms with Crippen molar-refractivity contribution in [3.63, 3.8) is 0 Å². The molecule has 8 nitrogen and oxygen atoms in total. The Morgan fingerprint density at radius 3 is 1.20 bits per heavy atom. The first-order valence-corrected chi connectivity index (χ1v) is 34.3. The molecule has 0 amide bonds. The molecule has 0 aliphatic rings. The predicted octanol–water partition coefficient (Wildman–Crippen LogP) is 23.7. The molecular formula is C92H50N8. The Bertz CT molecular complexity index is 7770. The van der Waals surface area contributed by atoms with Crippen molar-refractivity contribution in [3.05, 3.63) is 303 Å². The highest BCUT2D eigenvalue weighted by Crippen LogP contribution is 2.52.